The second-order valence-electron chi connectivity index (χ2n) is 4.97. The van der Waals surface area contributed by atoms with E-state index < -0.39 is 0 Å². The Hall–Kier alpha value is -1.88. The highest BCUT2D eigenvalue weighted by atomic mass is 79.9. The van der Waals surface area contributed by atoms with Gasteiger partial charge in [0, 0.05) is 4.47 Å². The molecule has 2 aromatic carbocycles. The van der Waals surface area contributed by atoms with E-state index in [-0.39, 0.29) is 24.2 Å². The Kier molecular flexibility index (Phi) is 5.55. The summed E-state index contributed by atoms with van der Waals surface area (Å²) in [5.74, 6) is 0.161. The number of methoxy groups -OCH3 is 1. The Labute approximate surface area is 137 Å². The van der Waals surface area contributed by atoms with E-state index in [4.69, 9.17) is 4.74 Å². The summed E-state index contributed by atoms with van der Waals surface area (Å²) in [6.07, 6.45) is 0.00572. The molecular weight excluding hydrogens is 349 g/mol. The Morgan fingerprint density at radius 3 is 2.59 bits per heavy atom. The molecule has 0 saturated carbocycles. The van der Waals surface area contributed by atoms with E-state index in [0.29, 0.717) is 5.56 Å². The summed E-state index contributed by atoms with van der Waals surface area (Å²) in [5, 5.41) is 2.87. The van der Waals surface area contributed by atoms with Crippen molar-refractivity contribution >= 4 is 21.8 Å². The van der Waals surface area contributed by atoms with Gasteiger partial charge in [0.2, 0.25) is 5.91 Å². The van der Waals surface area contributed by atoms with E-state index in [1.54, 1.807) is 19.2 Å². The number of amides is 1. The summed E-state index contributed by atoms with van der Waals surface area (Å²) < 4.78 is 19.5. The van der Waals surface area contributed by atoms with E-state index in [0.717, 1.165) is 15.8 Å². The summed E-state index contributed by atoms with van der Waals surface area (Å²) in [6, 6.07) is 11.9. The molecule has 1 amide bonds. The zero-order chi connectivity index (χ0) is 16.1. The highest BCUT2D eigenvalue weighted by molar-refractivity contribution is 9.10. The molecule has 0 saturated heterocycles. The lowest BCUT2D eigenvalue weighted by Gasteiger charge is -2.15. The van der Waals surface area contributed by atoms with Crippen molar-refractivity contribution in [3.05, 3.63) is 63.9 Å². The minimum Gasteiger partial charge on any atom is -0.497 e. The zero-order valence-corrected chi connectivity index (χ0v) is 14.0. The topological polar surface area (TPSA) is 38.3 Å². The number of nitrogens with one attached hydrogen (secondary N) is 1. The highest BCUT2D eigenvalue weighted by Gasteiger charge is 2.12. The molecule has 0 bridgehead atoms. The van der Waals surface area contributed by atoms with Crippen molar-refractivity contribution in [1.29, 1.82) is 0 Å². The summed E-state index contributed by atoms with van der Waals surface area (Å²) in [4.78, 5) is 12.1. The quantitative estimate of drug-likeness (QED) is 0.868. The van der Waals surface area contributed by atoms with Gasteiger partial charge in [0.25, 0.3) is 0 Å². The molecule has 1 N–H and O–H groups in total. The number of carbonyl (C=O) groups is 1. The van der Waals surface area contributed by atoms with Gasteiger partial charge in [-0.2, -0.15) is 0 Å². The highest BCUT2D eigenvalue weighted by Crippen LogP contribution is 2.19. The maximum absolute atomic E-state index is 13.7. The first-order chi connectivity index (χ1) is 10.5. The molecule has 0 aliphatic heterocycles. The number of hydrogen-bond donors (Lipinski definition) is 1. The molecule has 0 aromatic heterocycles. The number of halogens is 2. The van der Waals surface area contributed by atoms with Gasteiger partial charge >= 0.3 is 0 Å². The van der Waals surface area contributed by atoms with Crippen LogP contribution in [0.1, 0.15) is 24.1 Å². The summed E-state index contributed by atoms with van der Waals surface area (Å²) in [6.45, 7) is 1.89. The predicted octanol–water partition coefficient (Wildman–Crippen LogP) is 4.02. The second kappa shape index (κ2) is 7.40. The summed E-state index contributed by atoms with van der Waals surface area (Å²) in [5.41, 5.74) is 1.33. The molecule has 2 aromatic rings. The van der Waals surface area contributed by atoms with Crippen molar-refractivity contribution in [1.82, 2.24) is 5.32 Å². The van der Waals surface area contributed by atoms with E-state index in [9.17, 15) is 9.18 Å². The largest absolute Gasteiger partial charge is 0.497 e. The molecule has 116 valence electrons. The number of benzene rings is 2. The van der Waals surface area contributed by atoms with Crippen molar-refractivity contribution in [3.8, 4) is 5.75 Å². The average Bonchev–Trinajstić information content (AvgIpc) is 2.51. The van der Waals surface area contributed by atoms with Crippen LogP contribution in [-0.2, 0) is 11.2 Å². The minimum atomic E-state index is -0.379. The third kappa shape index (κ3) is 4.31. The van der Waals surface area contributed by atoms with Crippen LogP contribution in [0.5, 0.6) is 5.75 Å². The van der Waals surface area contributed by atoms with Crippen molar-refractivity contribution in [2.24, 2.45) is 0 Å². The molecule has 0 aliphatic carbocycles. The first-order valence-corrected chi connectivity index (χ1v) is 7.66. The molecular formula is C17H17BrFNO2. The maximum atomic E-state index is 13.7. The van der Waals surface area contributed by atoms with Crippen LogP contribution in [0.3, 0.4) is 0 Å². The molecule has 3 nitrogen and oxygen atoms in total. The lowest BCUT2D eigenvalue weighted by molar-refractivity contribution is -0.121. The normalized spacial score (nSPS) is 11.8. The van der Waals surface area contributed by atoms with Crippen LogP contribution in [0.4, 0.5) is 4.39 Å². The van der Waals surface area contributed by atoms with Gasteiger partial charge in [-0.05, 0) is 48.4 Å². The molecule has 0 radical (unpaired) electrons. The molecule has 22 heavy (non-hydrogen) atoms. The monoisotopic (exact) mass is 365 g/mol. The lowest BCUT2D eigenvalue weighted by atomic mass is 10.1. The lowest BCUT2D eigenvalue weighted by Crippen LogP contribution is -2.28. The summed E-state index contributed by atoms with van der Waals surface area (Å²) in [7, 11) is 1.60. The fourth-order valence-electron chi connectivity index (χ4n) is 2.12. The van der Waals surface area contributed by atoms with Gasteiger partial charge in [0.1, 0.15) is 11.6 Å². The van der Waals surface area contributed by atoms with Crippen LogP contribution in [0, 0.1) is 5.82 Å². The first-order valence-electron chi connectivity index (χ1n) is 6.87. The van der Waals surface area contributed by atoms with Crippen LogP contribution in [0.2, 0.25) is 0 Å². The van der Waals surface area contributed by atoms with Crippen LogP contribution in [0.15, 0.2) is 46.9 Å². The van der Waals surface area contributed by atoms with Crippen LogP contribution in [0.25, 0.3) is 0 Å². The van der Waals surface area contributed by atoms with Crippen LogP contribution < -0.4 is 10.1 Å². The molecule has 5 heteroatoms. The molecule has 1 atom stereocenters. The van der Waals surface area contributed by atoms with Gasteiger partial charge in [0.05, 0.1) is 19.6 Å². The Bertz CT molecular complexity index is 658. The van der Waals surface area contributed by atoms with Gasteiger partial charge in [-0.25, -0.2) is 4.39 Å². The van der Waals surface area contributed by atoms with Crippen molar-refractivity contribution in [3.63, 3.8) is 0 Å². The second-order valence-corrected chi connectivity index (χ2v) is 5.89. The van der Waals surface area contributed by atoms with E-state index in [2.05, 4.69) is 21.2 Å². The number of rotatable bonds is 5. The molecule has 0 fully saturated rings. The zero-order valence-electron chi connectivity index (χ0n) is 12.4. The van der Waals surface area contributed by atoms with E-state index >= 15 is 0 Å². The molecule has 0 heterocycles. The minimum absolute atomic E-state index is 0.00572. The smallest absolute Gasteiger partial charge is 0.225 e. The molecule has 0 aliphatic rings. The van der Waals surface area contributed by atoms with Crippen molar-refractivity contribution in [2.45, 2.75) is 19.4 Å². The number of hydrogen-bond acceptors (Lipinski definition) is 2. The third-order valence-electron chi connectivity index (χ3n) is 3.35. The average molecular weight is 366 g/mol. The molecule has 0 spiro atoms. The predicted molar refractivity (Wildman–Crippen MR) is 87.4 cm³/mol. The van der Waals surface area contributed by atoms with Crippen LogP contribution in [-0.4, -0.2) is 13.0 Å². The third-order valence-corrected chi connectivity index (χ3v) is 3.85. The van der Waals surface area contributed by atoms with Gasteiger partial charge < -0.3 is 10.1 Å². The van der Waals surface area contributed by atoms with Crippen LogP contribution >= 0.6 is 15.9 Å². The number of carbonyl (C=O) groups excluding carboxylic acids is 1. The van der Waals surface area contributed by atoms with Gasteiger partial charge in [-0.3, -0.25) is 4.79 Å². The van der Waals surface area contributed by atoms with E-state index in [1.807, 2.05) is 31.2 Å². The Morgan fingerprint density at radius 2 is 1.95 bits per heavy atom. The fourth-order valence-corrected chi connectivity index (χ4v) is 2.53. The van der Waals surface area contributed by atoms with Gasteiger partial charge in [0.15, 0.2) is 0 Å². The Balaban J connectivity index is 2.00. The van der Waals surface area contributed by atoms with Crippen molar-refractivity contribution in [2.75, 3.05) is 7.11 Å². The first kappa shape index (κ1) is 16.5. The van der Waals surface area contributed by atoms with Gasteiger partial charge in [-0.1, -0.05) is 28.1 Å². The molecule has 2 rings (SSSR count). The van der Waals surface area contributed by atoms with Crippen molar-refractivity contribution < 1.29 is 13.9 Å². The van der Waals surface area contributed by atoms with Gasteiger partial charge in [-0.15, -0.1) is 0 Å². The SMILES string of the molecule is COc1ccc(C(C)NC(=O)Cc2cc(Br)ccc2F)cc1. The number of ether oxygens (including phenoxy) is 1. The fraction of sp³-hybridized carbons (Fsp3) is 0.235. The summed E-state index contributed by atoms with van der Waals surface area (Å²) >= 11 is 3.28. The van der Waals surface area contributed by atoms with E-state index in [1.165, 1.54) is 6.07 Å². The maximum Gasteiger partial charge on any atom is 0.225 e. The Morgan fingerprint density at radius 1 is 1.27 bits per heavy atom. The standard InChI is InChI=1S/C17H17BrFNO2/c1-11(12-3-6-15(22-2)7-4-12)20-17(21)10-13-9-14(18)5-8-16(13)19/h3-9,11H,10H2,1-2H3,(H,20,21). The molecule has 1 unspecified atom stereocenters.